The highest BCUT2D eigenvalue weighted by molar-refractivity contribution is 6.05. The molecule has 6 nitrogen and oxygen atoms in total. The Bertz CT molecular complexity index is 563. The van der Waals surface area contributed by atoms with Crippen molar-refractivity contribution in [3.63, 3.8) is 0 Å². The Kier molecular flexibility index (Phi) is 6.44. The Hall–Kier alpha value is -2.50. The van der Waals surface area contributed by atoms with Crippen LogP contribution in [0.25, 0.3) is 0 Å². The lowest BCUT2D eigenvalue weighted by Crippen LogP contribution is -2.48. The minimum absolute atomic E-state index is 0.0858. The van der Waals surface area contributed by atoms with Gasteiger partial charge in [0, 0.05) is 19.0 Å². The fourth-order valence-corrected chi connectivity index (χ4v) is 2.33. The summed E-state index contributed by atoms with van der Waals surface area (Å²) in [7, 11) is 1.42. The van der Waals surface area contributed by atoms with Crippen molar-refractivity contribution in [2.75, 3.05) is 7.05 Å². The van der Waals surface area contributed by atoms with Gasteiger partial charge in [0.25, 0.3) is 5.91 Å². The number of hydrogen-bond acceptors (Lipinski definition) is 4. The maximum Gasteiger partial charge on any atom is 0.261 e. The van der Waals surface area contributed by atoms with E-state index in [2.05, 4.69) is 5.32 Å². The van der Waals surface area contributed by atoms with Gasteiger partial charge in [0.1, 0.15) is 12.3 Å². The third-order valence-corrected chi connectivity index (χ3v) is 3.49. The van der Waals surface area contributed by atoms with Crippen LogP contribution in [-0.4, -0.2) is 42.5 Å². The minimum Gasteiger partial charge on any atom is -0.357 e. The number of hydrogen-bond donors (Lipinski definition) is 1. The van der Waals surface area contributed by atoms with Gasteiger partial charge in [0.2, 0.25) is 12.3 Å². The van der Waals surface area contributed by atoms with Crippen molar-refractivity contribution in [2.45, 2.75) is 32.7 Å². The van der Waals surface area contributed by atoms with Crippen molar-refractivity contribution >= 4 is 24.5 Å². The third kappa shape index (κ3) is 3.78. The number of aryl methyl sites for hydroxylation is 2. The predicted octanol–water partition coefficient (Wildman–Crippen LogP) is 0.996. The molecular weight excluding hydrogens is 284 g/mol. The molecule has 0 bridgehead atoms. The third-order valence-electron chi connectivity index (χ3n) is 3.49. The summed E-state index contributed by atoms with van der Waals surface area (Å²) < 4.78 is 0. The van der Waals surface area contributed by atoms with Gasteiger partial charge in [-0.15, -0.1) is 0 Å². The normalized spacial score (nSPS) is 11.4. The van der Waals surface area contributed by atoms with Crippen LogP contribution in [0.1, 0.15) is 34.3 Å². The molecule has 1 unspecified atom stereocenters. The van der Waals surface area contributed by atoms with E-state index in [1.165, 1.54) is 7.05 Å². The van der Waals surface area contributed by atoms with E-state index in [0.717, 1.165) is 16.0 Å². The van der Waals surface area contributed by atoms with Gasteiger partial charge < -0.3 is 10.1 Å². The Balaban J connectivity index is 3.21. The standard InChI is InChI=1S/C16H20N2O4/c1-11-6-4-7-12(2)14(11)16(22)18(10-20)13(8-5-9-19)15(21)17-3/h4,6-7,9-10,13H,5,8H2,1-3H3,(H,17,21). The Morgan fingerprint density at radius 2 is 1.82 bits per heavy atom. The van der Waals surface area contributed by atoms with Crippen LogP contribution in [0.3, 0.4) is 0 Å². The van der Waals surface area contributed by atoms with E-state index in [1.54, 1.807) is 26.0 Å². The highest BCUT2D eigenvalue weighted by atomic mass is 16.2. The molecule has 0 radical (unpaired) electrons. The molecule has 6 heteroatoms. The van der Waals surface area contributed by atoms with Crippen LogP contribution in [-0.2, 0) is 14.4 Å². The van der Waals surface area contributed by atoms with Crippen molar-refractivity contribution < 1.29 is 19.2 Å². The van der Waals surface area contributed by atoms with E-state index >= 15 is 0 Å². The van der Waals surface area contributed by atoms with Gasteiger partial charge in [-0.1, -0.05) is 18.2 Å². The second-order valence-electron chi connectivity index (χ2n) is 4.96. The molecule has 0 aromatic heterocycles. The van der Waals surface area contributed by atoms with Gasteiger partial charge in [0.05, 0.1) is 0 Å². The van der Waals surface area contributed by atoms with E-state index in [-0.39, 0.29) is 12.8 Å². The first-order valence-corrected chi connectivity index (χ1v) is 6.97. The van der Waals surface area contributed by atoms with Crippen LogP contribution in [0, 0.1) is 13.8 Å². The Labute approximate surface area is 129 Å². The fourth-order valence-electron chi connectivity index (χ4n) is 2.33. The molecule has 1 rings (SSSR count). The van der Waals surface area contributed by atoms with Crippen molar-refractivity contribution in [1.82, 2.24) is 10.2 Å². The average Bonchev–Trinajstić information content (AvgIpc) is 2.50. The van der Waals surface area contributed by atoms with E-state index < -0.39 is 17.9 Å². The Morgan fingerprint density at radius 1 is 1.23 bits per heavy atom. The zero-order valence-corrected chi connectivity index (χ0v) is 13.0. The molecule has 0 aliphatic carbocycles. The van der Waals surface area contributed by atoms with Crippen molar-refractivity contribution in [3.8, 4) is 0 Å². The summed E-state index contributed by atoms with van der Waals surface area (Å²) >= 11 is 0. The van der Waals surface area contributed by atoms with Gasteiger partial charge in [-0.05, 0) is 31.4 Å². The van der Waals surface area contributed by atoms with Gasteiger partial charge in [0.15, 0.2) is 0 Å². The van der Waals surface area contributed by atoms with Gasteiger partial charge in [-0.3, -0.25) is 19.3 Å². The van der Waals surface area contributed by atoms with Gasteiger partial charge in [-0.25, -0.2) is 0 Å². The second-order valence-corrected chi connectivity index (χ2v) is 4.96. The van der Waals surface area contributed by atoms with Crippen LogP contribution in [0.4, 0.5) is 0 Å². The average molecular weight is 304 g/mol. The summed E-state index contributed by atoms with van der Waals surface area (Å²) in [6.45, 7) is 3.53. The van der Waals surface area contributed by atoms with E-state index in [1.807, 2.05) is 6.07 Å². The fraction of sp³-hybridized carbons (Fsp3) is 0.375. The van der Waals surface area contributed by atoms with E-state index in [4.69, 9.17) is 0 Å². The molecule has 22 heavy (non-hydrogen) atoms. The first kappa shape index (κ1) is 17.6. The van der Waals surface area contributed by atoms with E-state index in [9.17, 15) is 19.2 Å². The molecule has 118 valence electrons. The monoisotopic (exact) mass is 304 g/mol. The van der Waals surface area contributed by atoms with E-state index in [0.29, 0.717) is 18.3 Å². The number of nitrogens with one attached hydrogen (secondary N) is 1. The molecule has 0 saturated carbocycles. The number of imide groups is 1. The number of nitrogens with zero attached hydrogens (tertiary/aromatic N) is 1. The Morgan fingerprint density at radius 3 is 2.27 bits per heavy atom. The highest BCUT2D eigenvalue weighted by Crippen LogP contribution is 2.18. The summed E-state index contributed by atoms with van der Waals surface area (Å²) in [5.41, 5.74) is 1.85. The highest BCUT2D eigenvalue weighted by Gasteiger charge is 2.30. The quantitative estimate of drug-likeness (QED) is 0.762. The zero-order chi connectivity index (χ0) is 16.7. The van der Waals surface area contributed by atoms with Crippen LogP contribution in [0.15, 0.2) is 18.2 Å². The van der Waals surface area contributed by atoms with Crippen molar-refractivity contribution in [3.05, 3.63) is 34.9 Å². The SMILES string of the molecule is CNC(=O)C(CCC=O)N(C=O)C(=O)c1c(C)cccc1C. The number of likely N-dealkylation sites (N-methyl/N-ethyl adjacent to an activating group) is 1. The molecule has 0 aliphatic heterocycles. The maximum atomic E-state index is 12.7. The zero-order valence-electron chi connectivity index (χ0n) is 13.0. The molecule has 0 heterocycles. The summed E-state index contributed by atoms with van der Waals surface area (Å²) in [5.74, 6) is -1.02. The largest absolute Gasteiger partial charge is 0.357 e. The summed E-state index contributed by atoms with van der Waals surface area (Å²) in [6, 6.07) is 4.35. The number of benzene rings is 1. The molecule has 0 spiro atoms. The van der Waals surface area contributed by atoms with Gasteiger partial charge in [-0.2, -0.15) is 0 Å². The lowest BCUT2D eigenvalue weighted by atomic mass is 10.0. The molecular formula is C16H20N2O4. The molecule has 1 aromatic carbocycles. The smallest absolute Gasteiger partial charge is 0.261 e. The molecule has 0 fully saturated rings. The van der Waals surface area contributed by atoms with Crippen LogP contribution in [0.2, 0.25) is 0 Å². The molecule has 1 atom stereocenters. The molecule has 1 aromatic rings. The lowest BCUT2D eigenvalue weighted by molar-refractivity contribution is -0.131. The van der Waals surface area contributed by atoms with Crippen LogP contribution < -0.4 is 5.32 Å². The maximum absolute atomic E-state index is 12.7. The number of rotatable bonds is 7. The second kappa shape index (κ2) is 8.07. The van der Waals surface area contributed by atoms with Crippen molar-refractivity contribution in [1.29, 1.82) is 0 Å². The molecule has 1 N–H and O–H groups in total. The number of aldehydes is 1. The summed E-state index contributed by atoms with van der Waals surface area (Å²) in [6.07, 6.45) is 1.18. The summed E-state index contributed by atoms with van der Waals surface area (Å²) in [4.78, 5) is 47.4. The van der Waals surface area contributed by atoms with Crippen LogP contribution >= 0.6 is 0 Å². The first-order valence-electron chi connectivity index (χ1n) is 6.97. The molecule has 3 amide bonds. The van der Waals surface area contributed by atoms with Crippen LogP contribution in [0.5, 0.6) is 0 Å². The molecule has 0 saturated heterocycles. The van der Waals surface area contributed by atoms with Gasteiger partial charge >= 0.3 is 0 Å². The lowest BCUT2D eigenvalue weighted by Gasteiger charge is -2.26. The van der Waals surface area contributed by atoms with Crippen molar-refractivity contribution in [2.24, 2.45) is 0 Å². The molecule has 0 aliphatic rings. The first-order chi connectivity index (χ1) is 10.5. The minimum atomic E-state index is -1.00. The predicted molar refractivity (Wildman–Crippen MR) is 81.3 cm³/mol. The number of amides is 3. The number of carbonyl (C=O) groups excluding carboxylic acids is 4. The topological polar surface area (TPSA) is 83.6 Å². The number of carbonyl (C=O) groups is 4. The summed E-state index contributed by atoms with van der Waals surface area (Å²) in [5, 5.41) is 2.42.